The highest BCUT2D eigenvalue weighted by Gasteiger charge is 1.93. The van der Waals surface area contributed by atoms with Crippen LogP contribution in [0.15, 0.2) is 22.0 Å². The van der Waals surface area contributed by atoms with Crippen molar-refractivity contribution < 1.29 is 0 Å². The van der Waals surface area contributed by atoms with Gasteiger partial charge in [-0.1, -0.05) is 6.92 Å². The molecular weight excluding hydrogens is 224 g/mol. The van der Waals surface area contributed by atoms with E-state index in [1.54, 1.807) is 24.2 Å². The zero-order valence-corrected chi connectivity index (χ0v) is 8.65. The zero-order valence-electron chi connectivity index (χ0n) is 6.25. The highest BCUT2D eigenvalue weighted by Crippen LogP contribution is 2.15. The molecule has 0 N–H and O–H groups in total. The maximum absolute atomic E-state index is 4.17. The fourth-order valence-electron chi connectivity index (χ4n) is 0.582. The Morgan fingerprint density at radius 2 is 2.27 bits per heavy atom. The topological polar surface area (TPSA) is 25.8 Å². The minimum atomic E-state index is 0.790. The number of hydrogen-bond acceptors (Lipinski definition) is 3. The number of nitrogens with zero attached hydrogens (tertiary/aromatic N) is 2. The lowest BCUT2D eigenvalue weighted by atomic mass is 10.6. The average Bonchev–Trinajstić information content (AvgIpc) is 2.04. The largest absolute Gasteiger partial charge is 0.245 e. The van der Waals surface area contributed by atoms with Crippen molar-refractivity contribution in [3.8, 4) is 0 Å². The molecule has 11 heavy (non-hydrogen) atoms. The summed E-state index contributed by atoms with van der Waals surface area (Å²) in [7, 11) is 0. The minimum Gasteiger partial charge on any atom is -0.245 e. The van der Waals surface area contributed by atoms with E-state index in [1.165, 1.54) is 6.42 Å². The van der Waals surface area contributed by atoms with Crippen molar-refractivity contribution in [2.24, 2.45) is 0 Å². The molecule has 0 fully saturated rings. The van der Waals surface area contributed by atoms with Crippen molar-refractivity contribution in [3.63, 3.8) is 0 Å². The molecule has 60 valence electrons. The van der Waals surface area contributed by atoms with Crippen LogP contribution in [0.4, 0.5) is 0 Å². The molecule has 0 atom stereocenters. The van der Waals surface area contributed by atoms with Gasteiger partial charge in [-0.3, -0.25) is 0 Å². The lowest BCUT2D eigenvalue weighted by Crippen LogP contribution is -1.83. The van der Waals surface area contributed by atoms with E-state index in [4.69, 9.17) is 0 Å². The standard InChI is InChI=1S/C7H9BrN2S/c1-2-3-11-7-5-9-6(8)4-10-7/h4-5H,2-3H2,1H3. The Morgan fingerprint density at radius 1 is 1.45 bits per heavy atom. The van der Waals surface area contributed by atoms with Gasteiger partial charge in [0.25, 0.3) is 0 Å². The monoisotopic (exact) mass is 232 g/mol. The van der Waals surface area contributed by atoms with Gasteiger partial charge < -0.3 is 0 Å². The molecule has 0 aliphatic carbocycles. The molecule has 4 heteroatoms. The van der Waals surface area contributed by atoms with Gasteiger partial charge in [0, 0.05) is 0 Å². The maximum Gasteiger partial charge on any atom is 0.124 e. The molecule has 0 aromatic carbocycles. The summed E-state index contributed by atoms with van der Waals surface area (Å²) in [5.74, 6) is 1.11. The smallest absolute Gasteiger partial charge is 0.124 e. The maximum atomic E-state index is 4.17. The fourth-order valence-corrected chi connectivity index (χ4v) is 1.45. The number of rotatable bonds is 3. The van der Waals surface area contributed by atoms with Gasteiger partial charge in [-0.2, -0.15) is 0 Å². The second kappa shape index (κ2) is 4.72. The van der Waals surface area contributed by atoms with Gasteiger partial charge in [0.1, 0.15) is 9.63 Å². The lowest BCUT2D eigenvalue weighted by Gasteiger charge is -1.96. The Labute approximate surface area is 79.0 Å². The van der Waals surface area contributed by atoms with Crippen LogP contribution in [0.3, 0.4) is 0 Å². The van der Waals surface area contributed by atoms with E-state index in [0.717, 1.165) is 15.4 Å². The number of hydrogen-bond donors (Lipinski definition) is 0. The second-order valence-corrected chi connectivity index (χ2v) is 3.95. The van der Waals surface area contributed by atoms with Gasteiger partial charge in [-0.25, -0.2) is 9.97 Å². The normalized spacial score (nSPS) is 10.0. The van der Waals surface area contributed by atoms with Crippen LogP contribution in [-0.2, 0) is 0 Å². The van der Waals surface area contributed by atoms with Crippen LogP contribution >= 0.6 is 27.7 Å². The summed E-state index contributed by atoms with van der Waals surface area (Å²) < 4.78 is 0.790. The molecule has 1 heterocycles. The average molecular weight is 233 g/mol. The first-order chi connectivity index (χ1) is 5.33. The number of aromatic nitrogens is 2. The van der Waals surface area contributed by atoms with Crippen LogP contribution in [0, 0.1) is 0 Å². The summed E-state index contributed by atoms with van der Waals surface area (Å²) >= 11 is 4.97. The van der Waals surface area contributed by atoms with Crippen molar-refractivity contribution >= 4 is 27.7 Å². The van der Waals surface area contributed by atoms with E-state index in [9.17, 15) is 0 Å². The predicted molar refractivity (Wildman–Crippen MR) is 50.7 cm³/mol. The fraction of sp³-hybridized carbons (Fsp3) is 0.429. The van der Waals surface area contributed by atoms with Gasteiger partial charge in [0.05, 0.1) is 12.4 Å². The van der Waals surface area contributed by atoms with Gasteiger partial charge in [-0.05, 0) is 28.1 Å². The summed E-state index contributed by atoms with van der Waals surface area (Å²) in [4.78, 5) is 8.23. The van der Waals surface area contributed by atoms with Crippen LogP contribution in [0.25, 0.3) is 0 Å². The summed E-state index contributed by atoms with van der Waals surface area (Å²) in [6.45, 7) is 2.15. The van der Waals surface area contributed by atoms with E-state index in [1.807, 2.05) is 0 Å². The SMILES string of the molecule is CCCSc1cnc(Br)cn1. The van der Waals surface area contributed by atoms with Crippen LogP contribution < -0.4 is 0 Å². The second-order valence-electron chi connectivity index (χ2n) is 2.03. The van der Waals surface area contributed by atoms with Gasteiger partial charge in [0.2, 0.25) is 0 Å². The molecule has 0 saturated heterocycles. The predicted octanol–water partition coefficient (Wildman–Crippen LogP) is 2.74. The molecule has 0 amide bonds. The first-order valence-corrected chi connectivity index (χ1v) is 5.21. The Bertz CT molecular complexity index is 212. The van der Waals surface area contributed by atoms with E-state index >= 15 is 0 Å². The number of thioether (sulfide) groups is 1. The van der Waals surface area contributed by atoms with Crippen molar-refractivity contribution in [3.05, 3.63) is 17.0 Å². The third kappa shape index (κ3) is 3.20. The molecule has 0 radical (unpaired) electrons. The summed E-state index contributed by atoms with van der Waals surface area (Å²) in [5, 5.41) is 0.995. The van der Waals surface area contributed by atoms with Gasteiger partial charge in [0.15, 0.2) is 0 Å². The van der Waals surface area contributed by atoms with Crippen LogP contribution in [0.2, 0.25) is 0 Å². The minimum absolute atomic E-state index is 0.790. The summed E-state index contributed by atoms with van der Waals surface area (Å²) in [6.07, 6.45) is 4.67. The molecule has 0 aliphatic heterocycles. The highest BCUT2D eigenvalue weighted by molar-refractivity contribution is 9.10. The molecule has 0 unspecified atom stereocenters. The molecular formula is C7H9BrN2S. The Hall–Kier alpha value is -0.0900. The van der Waals surface area contributed by atoms with Crippen LogP contribution in [0.1, 0.15) is 13.3 Å². The van der Waals surface area contributed by atoms with Crippen LogP contribution in [0.5, 0.6) is 0 Å². The Balaban J connectivity index is 2.52. The van der Waals surface area contributed by atoms with Crippen molar-refractivity contribution in [2.45, 2.75) is 18.4 Å². The lowest BCUT2D eigenvalue weighted by molar-refractivity contribution is 1.02. The third-order valence-corrected chi connectivity index (χ3v) is 2.58. The van der Waals surface area contributed by atoms with E-state index in [2.05, 4.69) is 32.8 Å². The number of halogens is 1. The Kier molecular flexibility index (Phi) is 3.86. The summed E-state index contributed by atoms with van der Waals surface area (Å²) in [5.41, 5.74) is 0. The first-order valence-electron chi connectivity index (χ1n) is 3.43. The zero-order chi connectivity index (χ0) is 8.10. The molecule has 1 rings (SSSR count). The third-order valence-electron chi connectivity index (χ3n) is 1.05. The molecule has 2 nitrogen and oxygen atoms in total. The highest BCUT2D eigenvalue weighted by atomic mass is 79.9. The molecule has 0 bridgehead atoms. The summed E-state index contributed by atoms with van der Waals surface area (Å²) in [6, 6.07) is 0. The molecule has 1 aromatic heterocycles. The van der Waals surface area contributed by atoms with Gasteiger partial charge >= 0.3 is 0 Å². The van der Waals surface area contributed by atoms with Gasteiger partial charge in [-0.15, -0.1) is 11.8 Å². The van der Waals surface area contributed by atoms with Crippen molar-refractivity contribution in [2.75, 3.05) is 5.75 Å². The molecule has 0 spiro atoms. The molecule has 1 aromatic rings. The Morgan fingerprint density at radius 3 is 2.82 bits per heavy atom. The van der Waals surface area contributed by atoms with E-state index in [-0.39, 0.29) is 0 Å². The van der Waals surface area contributed by atoms with E-state index in [0.29, 0.717) is 0 Å². The molecule has 0 saturated carbocycles. The quantitative estimate of drug-likeness (QED) is 0.750. The van der Waals surface area contributed by atoms with Crippen molar-refractivity contribution in [1.29, 1.82) is 0 Å². The molecule has 0 aliphatic rings. The van der Waals surface area contributed by atoms with Crippen molar-refractivity contribution in [1.82, 2.24) is 9.97 Å². The van der Waals surface area contributed by atoms with Crippen LogP contribution in [-0.4, -0.2) is 15.7 Å². The van der Waals surface area contributed by atoms with E-state index < -0.39 is 0 Å². The first kappa shape index (κ1) is 9.00.